The molecular weight excluding hydrogens is 248 g/mol. The second-order valence-electron chi connectivity index (χ2n) is 5.02. The Morgan fingerprint density at radius 3 is 3.00 bits per heavy atom. The normalized spacial score (nSPS) is 20.4. The first-order valence-corrected chi connectivity index (χ1v) is 7.19. The summed E-state index contributed by atoms with van der Waals surface area (Å²) in [7, 11) is 1.95. The Labute approximate surface area is 112 Å². The van der Waals surface area contributed by atoms with Crippen LogP contribution < -0.4 is 5.32 Å². The average molecular weight is 268 g/mol. The molecule has 1 aromatic rings. The van der Waals surface area contributed by atoms with Crippen molar-refractivity contribution in [2.24, 2.45) is 0 Å². The van der Waals surface area contributed by atoms with Crippen molar-refractivity contribution in [3.8, 4) is 0 Å². The Kier molecular flexibility index (Phi) is 4.29. The third-order valence-corrected chi connectivity index (χ3v) is 4.10. The number of carbonyl (C=O) groups excluding carboxylic acids is 1. The molecule has 0 saturated carbocycles. The third kappa shape index (κ3) is 2.70. The fraction of sp³-hybridized carbons (Fsp3) is 0.750. The van der Waals surface area contributed by atoms with Crippen LogP contribution in [0.1, 0.15) is 48.0 Å². The van der Waals surface area contributed by atoms with E-state index in [0.717, 1.165) is 31.6 Å². The highest BCUT2D eigenvalue weighted by atomic mass is 32.1. The zero-order valence-corrected chi connectivity index (χ0v) is 12.0. The van der Waals surface area contributed by atoms with Crippen molar-refractivity contribution in [1.29, 1.82) is 0 Å². The molecule has 1 aliphatic heterocycles. The predicted molar refractivity (Wildman–Crippen MR) is 72.0 cm³/mol. The SMILES string of the molecule is CNC1CCCN(C(=O)c2snnc2C(C)C)C1. The van der Waals surface area contributed by atoms with Gasteiger partial charge in [-0.15, -0.1) is 5.10 Å². The Morgan fingerprint density at radius 1 is 1.56 bits per heavy atom. The van der Waals surface area contributed by atoms with Gasteiger partial charge >= 0.3 is 0 Å². The van der Waals surface area contributed by atoms with E-state index in [0.29, 0.717) is 10.9 Å². The number of piperidine rings is 1. The number of likely N-dealkylation sites (tertiary alicyclic amines) is 1. The van der Waals surface area contributed by atoms with Crippen molar-refractivity contribution in [3.05, 3.63) is 10.6 Å². The maximum Gasteiger partial charge on any atom is 0.267 e. The largest absolute Gasteiger partial charge is 0.336 e. The van der Waals surface area contributed by atoms with Gasteiger partial charge in [0.1, 0.15) is 4.88 Å². The van der Waals surface area contributed by atoms with Crippen LogP contribution >= 0.6 is 11.5 Å². The van der Waals surface area contributed by atoms with E-state index in [4.69, 9.17) is 0 Å². The first-order valence-electron chi connectivity index (χ1n) is 6.42. The fourth-order valence-electron chi connectivity index (χ4n) is 2.26. The fourth-order valence-corrected chi connectivity index (χ4v) is 3.05. The van der Waals surface area contributed by atoms with Gasteiger partial charge in [-0.3, -0.25) is 4.79 Å². The van der Waals surface area contributed by atoms with E-state index >= 15 is 0 Å². The van der Waals surface area contributed by atoms with E-state index in [2.05, 4.69) is 14.9 Å². The van der Waals surface area contributed by atoms with E-state index in [9.17, 15) is 4.79 Å². The lowest BCUT2D eigenvalue weighted by atomic mass is 10.0. The summed E-state index contributed by atoms with van der Waals surface area (Å²) < 4.78 is 3.93. The molecule has 1 fully saturated rings. The number of hydrogen-bond donors (Lipinski definition) is 1. The molecule has 0 aromatic carbocycles. The van der Waals surface area contributed by atoms with E-state index in [1.807, 2.05) is 25.8 Å². The number of rotatable bonds is 3. The molecule has 0 spiro atoms. The molecule has 1 amide bonds. The van der Waals surface area contributed by atoms with E-state index in [1.54, 1.807) is 0 Å². The maximum absolute atomic E-state index is 12.5. The molecule has 6 heteroatoms. The molecule has 1 atom stereocenters. The van der Waals surface area contributed by atoms with Gasteiger partial charge in [-0.25, -0.2) is 0 Å². The van der Waals surface area contributed by atoms with Gasteiger partial charge < -0.3 is 10.2 Å². The highest BCUT2D eigenvalue weighted by Crippen LogP contribution is 2.23. The highest BCUT2D eigenvalue weighted by Gasteiger charge is 2.27. The number of carbonyl (C=O) groups is 1. The lowest BCUT2D eigenvalue weighted by Crippen LogP contribution is -2.47. The molecule has 2 rings (SSSR count). The molecule has 1 unspecified atom stereocenters. The molecular formula is C12H20N4OS. The Bertz CT molecular complexity index is 418. The minimum atomic E-state index is 0.0913. The minimum Gasteiger partial charge on any atom is -0.336 e. The summed E-state index contributed by atoms with van der Waals surface area (Å²) in [4.78, 5) is 15.1. The molecule has 1 aliphatic rings. The minimum absolute atomic E-state index is 0.0913. The van der Waals surface area contributed by atoms with Gasteiger partial charge in [-0.2, -0.15) is 0 Å². The van der Waals surface area contributed by atoms with E-state index < -0.39 is 0 Å². The van der Waals surface area contributed by atoms with Crippen LogP contribution in [0, 0.1) is 0 Å². The van der Waals surface area contributed by atoms with Gasteiger partial charge in [0.25, 0.3) is 5.91 Å². The van der Waals surface area contributed by atoms with Gasteiger partial charge in [0.2, 0.25) is 0 Å². The summed E-state index contributed by atoms with van der Waals surface area (Å²) in [5, 5.41) is 7.33. The monoisotopic (exact) mass is 268 g/mol. The van der Waals surface area contributed by atoms with Crippen molar-refractivity contribution in [2.45, 2.75) is 38.6 Å². The third-order valence-electron chi connectivity index (χ3n) is 3.37. The summed E-state index contributed by atoms with van der Waals surface area (Å²) in [6.07, 6.45) is 2.19. The van der Waals surface area contributed by atoms with Crippen LogP contribution in [0.4, 0.5) is 0 Å². The number of likely N-dealkylation sites (N-methyl/N-ethyl adjacent to an activating group) is 1. The number of aromatic nitrogens is 2. The molecule has 18 heavy (non-hydrogen) atoms. The number of amides is 1. The highest BCUT2D eigenvalue weighted by molar-refractivity contribution is 7.08. The molecule has 2 heterocycles. The molecule has 0 aliphatic carbocycles. The zero-order valence-electron chi connectivity index (χ0n) is 11.1. The van der Waals surface area contributed by atoms with Crippen molar-refractivity contribution in [3.63, 3.8) is 0 Å². The summed E-state index contributed by atoms with van der Waals surface area (Å²) in [5.41, 5.74) is 0.830. The quantitative estimate of drug-likeness (QED) is 0.902. The average Bonchev–Trinajstić information content (AvgIpc) is 2.87. The summed E-state index contributed by atoms with van der Waals surface area (Å²) in [6, 6.07) is 0.408. The second kappa shape index (κ2) is 5.75. The standard InChI is InChI=1S/C12H20N4OS/c1-8(2)10-11(18-15-14-10)12(17)16-6-4-5-9(7-16)13-3/h8-9,13H,4-7H2,1-3H3. The summed E-state index contributed by atoms with van der Waals surface area (Å²) in [5.74, 6) is 0.334. The van der Waals surface area contributed by atoms with Gasteiger partial charge in [0.05, 0.1) is 5.69 Å². The smallest absolute Gasteiger partial charge is 0.267 e. The van der Waals surface area contributed by atoms with Gasteiger partial charge in [0.15, 0.2) is 0 Å². The van der Waals surface area contributed by atoms with E-state index in [-0.39, 0.29) is 11.8 Å². The van der Waals surface area contributed by atoms with Crippen LogP contribution in [0.5, 0.6) is 0 Å². The van der Waals surface area contributed by atoms with Crippen molar-refractivity contribution in [2.75, 3.05) is 20.1 Å². The predicted octanol–water partition coefficient (Wildman–Crippen LogP) is 1.49. The topological polar surface area (TPSA) is 58.1 Å². The number of nitrogens with zero attached hydrogens (tertiary/aromatic N) is 3. The van der Waals surface area contributed by atoms with Crippen LogP contribution in [0.25, 0.3) is 0 Å². The first kappa shape index (κ1) is 13.4. The van der Waals surface area contributed by atoms with Gasteiger partial charge in [-0.1, -0.05) is 18.3 Å². The number of hydrogen-bond acceptors (Lipinski definition) is 5. The van der Waals surface area contributed by atoms with Crippen LogP contribution in [-0.4, -0.2) is 46.6 Å². The lowest BCUT2D eigenvalue weighted by molar-refractivity contribution is 0.0701. The molecule has 1 aromatic heterocycles. The van der Waals surface area contributed by atoms with Gasteiger partial charge in [-0.05, 0) is 37.3 Å². The molecule has 0 bridgehead atoms. The molecule has 0 radical (unpaired) electrons. The van der Waals surface area contributed by atoms with E-state index in [1.165, 1.54) is 11.5 Å². The Morgan fingerprint density at radius 2 is 2.33 bits per heavy atom. The van der Waals surface area contributed by atoms with Crippen LogP contribution in [0.2, 0.25) is 0 Å². The van der Waals surface area contributed by atoms with Crippen LogP contribution in [0.3, 0.4) is 0 Å². The Balaban J connectivity index is 2.13. The Hall–Kier alpha value is -1.01. The molecule has 1 N–H and O–H groups in total. The lowest BCUT2D eigenvalue weighted by Gasteiger charge is -2.32. The first-order chi connectivity index (χ1) is 8.63. The molecule has 100 valence electrons. The maximum atomic E-state index is 12.5. The van der Waals surface area contributed by atoms with Crippen molar-refractivity contribution in [1.82, 2.24) is 19.8 Å². The summed E-state index contributed by atoms with van der Waals surface area (Å²) >= 11 is 1.22. The zero-order chi connectivity index (χ0) is 13.1. The van der Waals surface area contributed by atoms with Crippen molar-refractivity contribution >= 4 is 17.4 Å². The molecule has 1 saturated heterocycles. The van der Waals surface area contributed by atoms with Gasteiger partial charge in [0, 0.05) is 19.1 Å². The van der Waals surface area contributed by atoms with Crippen LogP contribution in [-0.2, 0) is 0 Å². The molecule has 5 nitrogen and oxygen atoms in total. The summed E-state index contributed by atoms with van der Waals surface area (Å²) in [6.45, 7) is 5.71. The number of nitrogens with one attached hydrogen (secondary N) is 1. The second-order valence-corrected chi connectivity index (χ2v) is 5.78. The van der Waals surface area contributed by atoms with Crippen molar-refractivity contribution < 1.29 is 4.79 Å². The van der Waals surface area contributed by atoms with Crippen LogP contribution in [0.15, 0.2) is 0 Å².